The summed E-state index contributed by atoms with van der Waals surface area (Å²) in [6.07, 6.45) is 6.16. The molecule has 34 heavy (non-hydrogen) atoms. The van der Waals surface area contributed by atoms with E-state index >= 15 is 0 Å². The van der Waals surface area contributed by atoms with Crippen molar-refractivity contribution in [3.05, 3.63) is 48.2 Å². The van der Waals surface area contributed by atoms with Gasteiger partial charge in [-0.05, 0) is 44.6 Å². The van der Waals surface area contributed by atoms with E-state index in [-0.39, 0.29) is 23.8 Å². The minimum Gasteiger partial charge on any atom is -0.473 e. The summed E-state index contributed by atoms with van der Waals surface area (Å²) in [5, 5.41) is 13.9. The van der Waals surface area contributed by atoms with Crippen molar-refractivity contribution in [2.45, 2.75) is 56.8 Å². The third kappa shape index (κ3) is 5.84. The highest BCUT2D eigenvalue weighted by atomic mass is 16.5. The van der Waals surface area contributed by atoms with E-state index in [1.807, 2.05) is 30.3 Å². The first-order valence-corrected chi connectivity index (χ1v) is 11.7. The molecule has 1 aromatic carbocycles. The highest BCUT2D eigenvalue weighted by Gasteiger charge is 2.32. The van der Waals surface area contributed by atoms with Crippen LogP contribution >= 0.6 is 0 Å². The van der Waals surface area contributed by atoms with E-state index in [0.717, 1.165) is 42.1 Å². The standard InChI is InChI=1S/C25H33N5O4/c1-25(33-3)12-9-18(10-13-25)34-23-19-16-26-22(15-21(19)29-30-23)28-24(31)27-20(11-14-32-2)17-7-5-4-6-8-17/h4-8,15-16,18,20H,9-14H2,1-3H3,(H,29,30)(H2,26,27,28,31)/t18?,20-,25?/m1/s1. The fourth-order valence-corrected chi connectivity index (χ4v) is 4.28. The number of methoxy groups -OCH3 is 2. The number of hydrogen-bond acceptors (Lipinski definition) is 6. The molecule has 1 saturated carbocycles. The number of amides is 2. The molecule has 4 rings (SSSR count). The van der Waals surface area contributed by atoms with Crippen LogP contribution < -0.4 is 15.4 Å². The van der Waals surface area contributed by atoms with E-state index in [1.54, 1.807) is 26.5 Å². The smallest absolute Gasteiger partial charge is 0.320 e. The SMILES string of the molecule is COCC[C@@H](NC(=O)Nc1cc2[nH]nc(OC3CCC(C)(OC)CC3)c2cn1)c1ccccc1. The predicted octanol–water partition coefficient (Wildman–Crippen LogP) is 4.58. The summed E-state index contributed by atoms with van der Waals surface area (Å²) in [5.74, 6) is 0.959. The molecule has 0 saturated heterocycles. The third-order valence-electron chi connectivity index (χ3n) is 6.53. The van der Waals surface area contributed by atoms with Crippen molar-refractivity contribution in [2.24, 2.45) is 0 Å². The van der Waals surface area contributed by atoms with Crippen LogP contribution in [0, 0.1) is 0 Å². The van der Waals surface area contributed by atoms with Gasteiger partial charge in [0, 0.05) is 33.1 Å². The Balaban J connectivity index is 1.38. The number of aromatic nitrogens is 3. The maximum atomic E-state index is 12.7. The number of carbonyl (C=O) groups excluding carboxylic acids is 1. The van der Waals surface area contributed by atoms with E-state index in [0.29, 0.717) is 24.7 Å². The fraction of sp³-hybridized carbons (Fsp3) is 0.480. The molecule has 2 amide bonds. The number of H-pyrrole nitrogens is 1. The normalized spacial score (nSPS) is 21.2. The van der Waals surface area contributed by atoms with E-state index in [2.05, 4.69) is 32.7 Å². The van der Waals surface area contributed by atoms with Crippen molar-refractivity contribution in [1.82, 2.24) is 20.5 Å². The molecule has 9 heteroatoms. The Morgan fingerprint density at radius 2 is 2.00 bits per heavy atom. The summed E-state index contributed by atoms with van der Waals surface area (Å²) < 4.78 is 17.0. The highest BCUT2D eigenvalue weighted by molar-refractivity contribution is 5.92. The Morgan fingerprint density at radius 3 is 2.71 bits per heavy atom. The molecule has 2 aromatic heterocycles. The third-order valence-corrected chi connectivity index (χ3v) is 6.53. The predicted molar refractivity (Wildman–Crippen MR) is 130 cm³/mol. The lowest BCUT2D eigenvalue weighted by molar-refractivity contribution is -0.0460. The molecule has 0 unspecified atom stereocenters. The van der Waals surface area contributed by atoms with Crippen molar-refractivity contribution in [3.63, 3.8) is 0 Å². The van der Waals surface area contributed by atoms with Crippen molar-refractivity contribution < 1.29 is 19.0 Å². The van der Waals surface area contributed by atoms with E-state index in [9.17, 15) is 4.79 Å². The molecule has 0 bridgehead atoms. The van der Waals surface area contributed by atoms with Gasteiger partial charge in [0.2, 0.25) is 5.88 Å². The van der Waals surface area contributed by atoms with Crippen LogP contribution in [0.5, 0.6) is 5.88 Å². The van der Waals surface area contributed by atoms with Gasteiger partial charge in [-0.15, -0.1) is 5.10 Å². The maximum Gasteiger partial charge on any atom is 0.320 e. The molecule has 2 heterocycles. The second kappa shape index (κ2) is 10.8. The Hall–Kier alpha value is -3.17. The number of urea groups is 1. The Labute approximate surface area is 199 Å². The van der Waals surface area contributed by atoms with Crippen molar-refractivity contribution in [3.8, 4) is 5.88 Å². The number of aromatic amines is 1. The number of ether oxygens (including phenoxy) is 3. The van der Waals surface area contributed by atoms with Gasteiger partial charge in [0.15, 0.2) is 0 Å². The molecular formula is C25H33N5O4. The molecule has 3 N–H and O–H groups in total. The molecule has 1 aliphatic rings. The first-order valence-electron chi connectivity index (χ1n) is 11.7. The molecule has 1 aliphatic carbocycles. The number of hydrogen-bond donors (Lipinski definition) is 3. The van der Waals surface area contributed by atoms with Gasteiger partial charge in [-0.25, -0.2) is 9.78 Å². The average molecular weight is 468 g/mol. The lowest BCUT2D eigenvalue weighted by atomic mass is 9.84. The Bertz CT molecular complexity index is 1080. The summed E-state index contributed by atoms with van der Waals surface area (Å²) >= 11 is 0. The monoisotopic (exact) mass is 467 g/mol. The minimum absolute atomic E-state index is 0.0702. The summed E-state index contributed by atoms with van der Waals surface area (Å²) in [5.41, 5.74) is 1.69. The zero-order chi connectivity index (χ0) is 24.0. The second-order valence-electron chi connectivity index (χ2n) is 8.96. The molecule has 0 radical (unpaired) electrons. The lowest BCUT2D eigenvalue weighted by Crippen LogP contribution is -2.36. The van der Waals surface area contributed by atoms with Crippen LogP contribution in [-0.4, -0.2) is 53.7 Å². The molecular weight excluding hydrogens is 434 g/mol. The van der Waals surface area contributed by atoms with Gasteiger partial charge in [-0.2, -0.15) is 0 Å². The molecule has 9 nitrogen and oxygen atoms in total. The zero-order valence-corrected chi connectivity index (χ0v) is 20.0. The van der Waals surface area contributed by atoms with Crippen LogP contribution in [0.2, 0.25) is 0 Å². The highest BCUT2D eigenvalue weighted by Crippen LogP contribution is 2.34. The number of anilines is 1. The quantitative estimate of drug-likeness (QED) is 0.425. The van der Waals surface area contributed by atoms with Crippen molar-refractivity contribution in [2.75, 3.05) is 26.1 Å². The molecule has 1 fully saturated rings. The maximum absolute atomic E-state index is 12.7. The van der Waals surface area contributed by atoms with Crippen LogP contribution in [0.25, 0.3) is 10.9 Å². The number of rotatable bonds is 9. The van der Waals surface area contributed by atoms with Gasteiger partial charge in [-0.3, -0.25) is 10.4 Å². The molecule has 182 valence electrons. The van der Waals surface area contributed by atoms with E-state index in [1.165, 1.54) is 0 Å². The van der Waals surface area contributed by atoms with Crippen LogP contribution in [0.15, 0.2) is 42.6 Å². The molecule has 1 atom stereocenters. The van der Waals surface area contributed by atoms with Gasteiger partial charge >= 0.3 is 6.03 Å². The molecule has 0 spiro atoms. The zero-order valence-electron chi connectivity index (χ0n) is 20.0. The number of carbonyl (C=O) groups is 1. The largest absolute Gasteiger partial charge is 0.473 e. The fourth-order valence-electron chi connectivity index (χ4n) is 4.28. The number of fused-ring (bicyclic) bond motifs is 1. The van der Waals surface area contributed by atoms with Gasteiger partial charge < -0.3 is 19.5 Å². The topological polar surface area (TPSA) is 110 Å². The summed E-state index contributed by atoms with van der Waals surface area (Å²) in [6, 6.07) is 11.1. The van der Waals surface area contributed by atoms with Gasteiger partial charge in [0.25, 0.3) is 0 Å². The first-order chi connectivity index (χ1) is 16.5. The van der Waals surface area contributed by atoms with Gasteiger partial charge in [-0.1, -0.05) is 30.3 Å². The van der Waals surface area contributed by atoms with Gasteiger partial charge in [0.05, 0.1) is 22.5 Å². The van der Waals surface area contributed by atoms with Crippen molar-refractivity contribution in [1.29, 1.82) is 0 Å². The molecule has 0 aliphatic heterocycles. The van der Waals surface area contributed by atoms with Crippen LogP contribution in [0.3, 0.4) is 0 Å². The number of nitrogens with one attached hydrogen (secondary N) is 3. The second-order valence-corrected chi connectivity index (χ2v) is 8.96. The van der Waals surface area contributed by atoms with Crippen LogP contribution in [-0.2, 0) is 9.47 Å². The summed E-state index contributed by atoms with van der Waals surface area (Å²) in [4.78, 5) is 17.1. The lowest BCUT2D eigenvalue weighted by Gasteiger charge is -2.35. The van der Waals surface area contributed by atoms with Crippen LogP contribution in [0.1, 0.15) is 50.6 Å². The summed E-state index contributed by atoms with van der Waals surface area (Å²) in [6.45, 7) is 2.67. The van der Waals surface area contributed by atoms with Gasteiger partial charge in [0.1, 0.15) is 11.9 Å². The van der Waals surface area contributed by atoms with E-state index < -0.39 is 0 Å². The number of nitrogens with zero attached hydrogens (tertiary/aromatic N) is 2. The Kier molecular flexibility index (Phi) is 7.64. The number of pyridine rings is 1. The number of benzene rings is 1. The first kappa shape index (κ1) is 24.0. The summed E-state index contributed by atoms with van der Waals surface area (Å²) in [7, 11) is 3.41. The Morgan fingerprint density at radius 1 is 1.24 bits per heavy atom. The van der Waals surface area contributed by atoms with Crippen molar-refractivity contribution >= 4 is 22.8 Å². The van der Waals surface area contributed by atoms with Crippen LogP contribution in [0.4, 0.5) is 10.6 Å². The minimum atomic E-state index is -0.337. The average Bonchev–Trinajstić information content (AvgIpc) is 3.25. The molecule has 3 aromatic rings. The van der Waals surface area contributed by atoms with E-state index in [4.69, 9.17) is 14.2 Å².